The zero-order valence-corrected chi connectivity index (χ0v) is 10.7. The highest BCUT2D eigenvalue weighted by Crippen LogP contribution is 2.11. The van der Waals surface area contributed by atoms with Gasteiger partial charge in [-0.3, -0.25) is 14.9 Å². The predicted molar refractivity (Wildman–Crippen MR) is 70.6 cm³/mol. The van der Waals surface area contributed by atoms with Gasteiger partial charge in [-0.05, 0) is 25.1 Å². The molecule has 7 nitrogen and oxygen atoms in total. The molecule has 1 aromatic carbocycles. The Kier molecular flexibility index (Phi) is 4.87. The number of urea groups is 1. The summed E-state index contributed by atoms with van der Waals surface area (Å²) in [5.41, 5.74) is 5.91. The highest BCUT2D eigenvalue weighted by molar-refractivity contribution is 5.98. The van der Waals surface area contributed by atoms with Crippen LogP contribution in [0.2, 0.25) is 0 Å². The van der Waals surface area contributed by atoms with Gasteiger partial charge >= 0.3 is 6.03 Å². The summed E-state index contributed by atoms with van der Waals surface area (Å²) in [6, 6.07) is 5.09. The van der Waals surface area contributed by atoms with Crippen LogP contribution in [-0.4, -0.2) is 30.9 Å². The van der Waals surface area contributed by atoms with Gasteiger partial charge in [0.1, 0.15) is 6.04 Å². The number of rotatable bonds is 4. The number of benzene rings is 1. The largest absolute Gasteiger partial charge is 0.374 e. The van der Waals surface area contributed by atoms with Crippen molar-refractivity contribution in [2.24, 2.45) is 5.73 Å². The van der Waals surface area contributed by atoms with Gasteiger partial charge in [-0.2, -0.15) is 0 Å². The quantitative estimate of drug-likeness (QED) is 0.615. The molecule has 0 saturated carbocycles. The summed E-state index contributed by atoms with van der Waals surface area (Å²) in [6.07, 6.45) is 0. The molecule has 1 rings (SSSR count). The molecule has 1 atom stereocenters. The van der Waals surface area contributed by atoms with E-state index in [1.54, 1.807) is 31.2 Å². The zero-order valence-electron chi connectivity index (χ0n) is 10.7. The Morgan fingerprint density at radius 3 is 2.53 bits per heavy atom. The minimum atomic E-state index is -0.905. The number of carbonyl (C=O) groups is 3. The number of primary amides is 1. The highest BCUT2D eigenvalue weighted by atomic mass is 16.2. The lowest BCUT2D eigenvalue weighted by Crippen LogP contribution is -2.43. The van der Waals surface area contributed by atoms with E-state index in [9.17, 15) is 14.4 Å². The third-order valence-electron chi connectivity index (χ3n) is 2.37. The number of hydrogen-bond donors (Lipinski definition) is 4. The lowest BCUT2D eigenvalue weighted by molar-refractivity contribution is -0.120. The first-order valence-corrected chi connectivity index (χ1v) is 5.63. The first-order chi connectivity index (χ1) is 8.93. The normalized spacial score (nSPS) is 11.3. The third kappa shape index (κ3) is 4.30. The van der Waals surface area contributed by atoms with E-state index < -0.39 is 18.0 Å². The van der Waals surface area contributed by atoms with Gasteiger partial charge in [0.25, 0.3) is 5.91 Å². The topological polar surface area (TPSA) is 113 Å². The summed E-state index contributed by atoms with van der Waals surface area (Å²) in [5, 5.41) is 7.34. The Balaban J connectivity index is 2.74. The SMILES string of the molecule is CNC(=O)c1cccc(NC(C)C(=O)NC(N)=O)c1. The zero-order chi connectivity index (χ0) is 14.4. The van der Waals surface area contributed by atoms with E-state index in [4.69, 9.17) is 5.73 Å². The fraction of sp³-hybridized carbons (Fsp3) is 0.250. The first-order valence-electron chi connectivity index (χ1n) is 5.63. The third-order valence-corrected chi connectivity index (χ3v) is 2.37. The molecule has 0 aromatic heterocycles. The van der Waals surface area contributed by atoms with Crippen LogP contribution in [0.4, 0.5) is 10.5 Å². The molecule has 4 amide bonds. The minimum absolute atomic E-state index is 0.224. The van der Waals surface area contributed by atoms with Gasteiger partial charge in [0.2, 0.25) is 5.91 Å². The monoisotopic (exact) mass is 264 g/mol. The molecule has 0 fully saturated rings. The number of anilines is 1. The summed E-state index contributed by atoms with van der Waals surface area (Å²) in [6.45, 7) is 1.57. The van der Waals surface area contributed by atoms with E-state index in [0.29, 0.717) is 11.3 Å². The number of amides is 4. The van der Waals surface area contributed by atoms with Crippen LogP contribution in [0.1, 0.15) is 17.3 Å². The van der Waals surface area contributed by atoms with Crippen LogP contribution in [-0.2, 0) is 4.79 Å². The molecule has 0 radical (unpaired) electrons. The summed E-state index contributed by atoms with van der Waals surface area (Å²) < 4.78 is 0. The van der Waals surface area contributed by atoms with Crippen molar-refractivity contribution < 1.29 is 14.4 Å². The van der Waals surface area contributed by atoms with Gasteiger partial charge in [0, 0.05) is 18.3 Å². The molecule has 0 aliphatic rings. The van der Waals surface area contributed by atoms with Crippen molar-refractivity contribution in [2.75, 3.05) is 12.4 Å². The average Bonchev–Trinajstić information content (AvgIpc) is 2.37. The van der Waals surface area contributed by atoms with Crippen LogP contribution in [0.25, 0.3) is 0 Å². The number of nitrogens with two attached hydrogens (primary N) is 1. The van der Waals surface area contributed by atoms with E-state index in [1.165, 1.54) is 7.05 Å². The van der Waals surface area contributed by atoms with Crippen LogP contribution in [0.5, 0.6) is 0 Å². The fourth-order valence-corrected chi connectivity index (χ4v) is 1.44. The number of nitrogens with one attached hydrogen (secondary N) is 3. The van der Waals surface area contributed by atoms with E-state index in [-0.39, 0.29) is 5.91 Å². The van der Waals surface area contributed by atoms with Crippen molar-refractivity contribution >= 4 is 23.5 Å². The Labute approximate surface area is 110 Å². The van der Waals surface area contributed by atoms with Crippen LogP contribution < -0.4 is 21.7 Å². The molecule has 0 aliphatic heterocycles. The molecule has 0 heterocycles. The molecule has 0 bridgehead atoms. The van der Waals surface area contributed by atoms with Crippen molar-refractivity contribution in [2.45, 2.75) is 13.0 Å². The van der Waals surface area contributed by atoms with Crippen molar-refractivity contribution in [3.05, 3.63) is 29.8 Å². The maximum atomic E-state index is 11.5. The van der Waals surface area contributed by atoms with Crippen molar-refractivity contribution in [3.63, 3.8) is 0 Å². The number of hydrogen-bond acceptors (Lipinski definition) is 4. The van der Waals surface area contributed by atoms with Gasteiger partial charge in [0.05, 0.1) is 0 Å². The molecule has 0 saturated heterocycles. The Morgan fingerprint density at radius 2 is 1.95 bits per heavy atom. The van der Waals surface area contributed by atoms with Gasteiger partial charge < -0.3 is 16.4 Å². The molecule has 0 spiro atoms. The second-order valence-corrected chi connectivity index (χ2v) is 3.88. The van der Waals surface area contributed by atoms with Crippen molar-refractivity contribution in [1.29, 1.82) is 0 Å². The molecule has 5 N–H and O–H groups in total. The summed E-state index contributed by atoms with van der Waals surface area (Å²) in [7, 11) is 1.53. The molecule has 19 heavy (non-hydrogen) atoms. The van der Waals surface area contributed by atoms with E-state index >= 15 is 0 Å². The number of carbonyl (C=O) groups excluding carboxylic acids is 3. The standard InChI is InChI=1S/C12H16N4O3/c1-7(10(17)16-12(13)19)15-9-5-3-4-8(6-9)11(18)14-2/h3-7,15H,1-2H3,(H,14,18)(H3,13,16,17,19). The van der Waals surface area contributed by atoms with Crippen molar-refractivity contribution in [1.82, 2.24) is 10.6 Å². The smallest absolute Gasteiger partial charge is 0.318 e. The molecule has 1 aromatic rings. The molecule has 0 aliphatic carbocycles. The fourth-order valence-electron chi connectivity index (χ4n) is 1.44. The van der Waals surface area contributed by atoms with Gasteiger partial charge in [-0.15, -0.1) is 0 Å². The molecule has 7 heteroatoms. The molecular weight excluding hydrogens is 248 g/mol. The molecular formula is C12H16N4O3. The Hall–Kier alpha value is -2.57. The Bertz CT molecular complexity index is 502. The lowest BCUT2D eigenvalue weighted by atomic mass is 10.1. The van der Waals surface area contributed by atoms with Crippen molar-refractivity contribution in [3.8, 4) is 0 Å². The number of imide groups is 1. The van der Waals surface area contributed by atoms with Crippen LogP contribution in [0.15, 0.2) is 24.3 Å². The lowest BCUT2D eigenvalue weighted by Gasteiger charge is -2.14. The average molecular weight is 264 g/mol. The molecule has 1 unspecified atom stereocenters. The van der Waals surface area contributed by atoms with Crippen LogP contribution in [0.3, 0.4) is 0 Å². The first kappa shape index (κ1) is 14.5. The maximum Gasteiger partial charge on any atom is 0.318 e. The second kappa shape index (κ2) is 6.39. The van der Waals surface area contributed by atoms with Gasteiger partial charge in [-0.25, -0.2) is 4.79 Å². The van der Waals surface area contributed by atoms with E-state index in [1.807, 2.05) is 5.32 Å². The summed E-state index contributed by atoms with van der Waals surface area (Å²) in [5.74, 6) is -0.768. The highest BCUT2D eigenvalue weighted by Gasteiger charge is 2.14. The second-order valence-electron chi connectivity index (χ2n) is 3.88. The van der Waals surface area contributed by atoms with E-state index in [0.717, 1.165) is 0 Å². The maximum absolute atomic E-state index is 11.5. The Morgan fingerprint density at radius 1 is 1.26 bits per heavy atom. The minimum Gasteiger partial charge on any atom is -0.374 e. The van der Waals surface area contributed by atoms with Gasteiger partial charge in [0.15, 0.2) is 0 Å². The van der Waals surface area contributed by atoms with E-state index in [2.05, 4.69) is 10.6 Å². The van der Waals surface area contributed by atoms with Crippen LogP contribution >= 0.6 is 0 Å². The molecule has 102 valence electrons. The van der Waals surface area contributed by atoms with Gasteiger partial charge in [-0.1, -0.05) is 6.07 Å². The summed E-state index contributed by atoms with van der Waals surface area (Å²) in [4.78, 5) is 33.5. The summed E-state index contributed by atoms with van der Waals surface area (Å²) >= 11 is 0. The van der Waals surface area contributed by atoms with Crippen LogP contribution in [0, 0.1) is 0 Å². The predicted octanol–water partition coefficient (Wildman–Crippen LogP) is 0.0415.